The molecule has 6 rings (SSSR count). The number of benzene rings is 2. The summed E-state index contributed by atoms with van der Waals surface area (Å²) in [6.07, 6.45) is 5.24. The number of carbonyl (C=O) groups is 1. The molecule has 190 valence electrons. The van der Waals surface area contributed by atoms with Crippen LogP contribution in [0.3, 0.4) is 0 Å². The molecular weight excluding hydrogens is 544 g/mol. The van der Waals surface area contributed by atoms with Crippen molar-refractivity contribution in [1.29, 1.82) is 0 Å². The SMILES string of the molecule is CC1CCc2c(sc3nc(CCc4ccccc4)nc(N4CCN(C(=O)c5cccc(Br)c5)CC4)c23)C1. The molecule has 0 N–H and O–H groups in total. The first-order chi connectivity index (χ1) is 18.0. The molecule has 3 heterocycles. The third-order valence-corrected chi connectivity index (χ3v) is 9.24. The number of fused-ring (bicyclic) bond motifs is 3. The Bertz CT molecular complexity index is 1430. The molecule has 1 amide bonds. The van der Waals surface area contributed by atoms with Gasteiger partial charge in [-0.25, -0.2) is 9.97 Å². The average Bonchev–Trinajstić information content (AvgIpc) is 3.29. The summed E-state index contributed by atoms with van der Waals surface area (Å²) < 4.78 is 0.931. The Hall–Kier alpha value is -2.77. The highest BCUT2D eigenvalue weighted by molar-refractivity contribution is 9.10. The minimum atomic E-state index is 0.0965. The first-order valence-corrected chi connectivity index (χ1v) is 14.8. The largest absolute Gasteiger partial charge is 0.352 e. The summed E-state index contributed by atoms with van der Waals surface area (Å²) in [6, 6.07) is 18.3. The minimum absolute atomic E-state index is 0.0965. The second-order valence-electron chi connectivity index (χ2n) is 10.3. The fourth-order valence-corrected chi connectivity index (χ4v) is 7.33. The predicted octanol–water partition coefficient (Wildman–Crippen LogP) is 6.33. The summed E-state index contributed by atoms with van der Waals surface area (Å²) in [5.74, 6) is 2.82. The van der Waals surface area contributed by atoms with Crippen molar-refractivity contribution in [2.24, 2.45) is 5.92 Å². The number of aromatic nitrogens is 2. The monoisotopic (exact) mass is 574 g/mol. The molecule has 2 aromatic carbocycles. The van der Waals surface area contributed by atoms with E-state index in [4.69, 9.17) is 9.97 Å². The highest BCUT2D eigenvalue weighted by Gasteiger charge is 2.29. The van der Waals surface area contributed by atoms with Gasteiger partial charge in [-0.15, -0.1) is 11.3 Å². The molecule has 1 aliphatic carbocycles. The molecule has 0 bridgehead atoms. The van der Waals surface area contributed by atoms with Crippen LogP contribution in [0.2, 0.25) is 0 Å². The Morgan fingerprint density at radius 3 is 2.62 bits per heavy atom. The molecule has 7 heteroatoms. The van der Waals surface area contributed by atoms with Crippen LogP contribution in [0.15, 0.2) is 59.1 Å². The number of rotatable bonds is 5. The maximum absolute atomic E-state index is 13.1. The Kier molecular flexibility index (Phi) is 7.00. The molecule has 1 saturated heterocycles. The maximum Gasteiger partial charge on any atom is 0.254 e. The number of halogens is 1. The first kappa shape index (κ1) is 24.6. The van der Waals surface area contributed by atoms with Crippen LogP contribution >= 0.6 is 27.3 Å². The molecule has 0 radical (unpaired) electrons. The van der Waals surface area contributed by atoms with Crippen LogP contribution in [0.1, 0.15) is 45.5 Å². The molecule has 37 heavy (non-hydrogen) atoms. The fraction of sp³-hybridized carbons (Fsp3) is 0.367. The summed E-state index contributed by atoms with van der Waals surface area (Å²) in [6.45, 7) is 5.31. The molecule has 0 spiro atoms. The van der Waals surface area contributed by atoms with Gasteiger partial charge in [-0.2, -0.15) is 0 Å². The molecule has 2 aliphatic rings. The van der Waals surface area contributed by atoms with Crippen LogP contribution < -0.4 is 4.90 Å². The molecular formula is C30H31BrN4OS. The summed E-state index contributed by atoms with van der Waals surface area (Å²) in [5, 5.41) is 1.27. The van der Waals surface area contributed by atoms with E-state index in [-0.39, 0.29) is 5.91 Å². The van der Waals surface area contributed by atoms with E-state index >= 15 is 0 Å². The number of carbonyl (C=O) groups excluding carboxylic acids is 1. The van der Waals surface area contributed by atoms with Gasteiger partial charge in [-0.3, -0.25) is 4.79 Å². The summed E-state index contributed by atoms with van der Waals surface area (Å²) in [4.78, 5) is 30.4. The highest BCUT2D eigenvalue weighted by atomic mass is 79.9. The second kappa shape index (κ2) is 10.5. The Morgan fingerprint density at radius 1 is 1.03 bits per heavy atom. The molecule has 5 nitrogen and oxygen atoms in total. The van der Waals surface area contributed by atoms with Crippen LogP contribution in [0.25, 0.3) is 10.2 Å². The molecule has 0 saturated carbocycles. The zero-order valence-electron chi connectivity index (χ0n) is 21.1. The van der Waals surface area contributed by atoms with Gasteiger partial charge in [0.05, 0.1) is 5.39 Å². The van der Waals surface area contributed by atoms with E-state index in [9.17, 15) is 4.79 Å². The van der Waals surface area contributed by atoms with Crippen molar-refractivity contribution in [3.8, 4) is 0 Å². The van der Waals surface area contributed by atoms with Crippen LogP contribution in [-0.4, -0.2) is 47.0 Å². The van der Waals surface area contributed by atoms with E-state index < -0.39 is 0 Å². The van der Waals surface area contributed by atoms with E-state index in [1.807, 2.05) is 40.5 Å². The predicted molar refractivity (Wildman–Crippen MR) is 155 cm³/mol. The lowest BCUT2D eigenvalue weighted by Crippen LogP contribution is -2.49. The Balaban J connectivity index is 1.28. The summed E-state index contributed by atoms with van der Waals surface area (Å²) in [7, 11) is 0. The van der Waals surface area contributed by atoms with Crippen molar-refractivity contribution in [2.45, 2.75) is 39.0 Å². The topological polar surface area (TPSA) is 49.3 Å². The number of nitrogens with zero attached hydrogens (tertiary/aromatic N) is 4. The highest BCUT2D eigenvalue weighted by Crippen LogP contribution is 2.41. The van der Waals surface area contributed by atoms with Crippen LogP contribution in [0.5, 0.6) is 0 Å². The third-order valence-electron chi connectivity index (χ3n) is 7.60. The number of hydrogen-bond donors (Lipinski definition) is 0. The van der Waals surface area contributed by atoms with E-state index in [0.29, 0.717) is 13.1 Å². The second-order valence-corrected chi connectivity index (χ2v) is 12.3. The van der Waals surface area contributed by atoms with Gasteiger partial charge in [0.2, 0.25) is 0 Å². The number of anilines is 1. The van der Waals surface area contributed by atoms with E-state index in [2.05, 4.69) is 58.1 Å². The maximum atomic E-state index is 13.1. The smallest absolute Gasteiger partial charge is 0.254 e. The van der Waals surface area contributed by atoms with Gasteiger partial charge < -0.3 is 9.80 Å². The van der Waals surface area contributed by atoms with Gasteiger partial charge in [0, 0.05) is 47.5 Å². The van der Waals surface area contributed by atoms with Crippen LogP contribution in [0.4, 0.5) is 5.82 Å². The molecule has 4 aromatic rings. The molecule has 1 fully saturated rings. The molecule has 1 aliphatic heterocycles. The van der Waals surface area contributed by atoms with Gasteiger partial charge >= 0.3 is 0 Å². The average molecular weight is 576 g/mol. The van der Waals surface area contributed by atoms with Crippen molar-refractivity contribution >= 4 is 49.2 Å². The lowest BCUT2D eigenvalue weighted by Gasteiger charge is -2.36. The normalized spacial score (nSPS) is 17.7. The van der Waals surface area contributed by atoms with Gasteiger partial charge in [0.1, 0.15) is 16.5 Å². The quantitative estimate of drug-likeness (QED) is 0.279. The minimum Gasteiger partial charge on any atom is -0.352 e. The van der Waals surface area contributed by atoms with Crippen molar-refractivity contribution in [3.05, 3.63) is 86.5 Å². The number of piperazine rings is 1. The lowest BCUT2D eigenvalue weighted by molar-refractivity contribution is 0.0746. The van der Waals surface area contributed by atoms with Crippen LogP contribution in [0, 0.1) is 5.92 Å². The van der Waals surface area contributed by atoms with Gasteiger partial charge in [-0.1, -0.05) is 59.3 Å². The lowest BCUT2D eigenvalue weighted by atomic mass is 9.89. The summed E-state index contributed by atoms with van der Waals surface area (Å²) in [5.41, 5.74) is 3.51. The molecule has 2 aromatic heterocycles. The van der Waals surface area contributed by atoms with Crippen molar-refractivity contribution in [2.75, 3.05) is 31.1 Å². The standard InChI is InChI=1S/C30H31BrN4OS/c1-20-10-12-24-25(18-20)37-29-27(24)28(32-26(33-29)13-11-21-6-3-2-4-7-21)34-14-16-35(17-15-34)30(36)22-8-5-9-23(31)19-22/h2-9,19-20H,10-18H2,1H3. The number of amides is 1. The first-order valence-electron chi connectivity index (χ1n) is 13.2. The van der Waals surface area contributed by atoms with E-state index in [1.54, 1.807) is 0 Å². The zero-order chi connectivity index (χ0) is 25.4. The van der Waals surface area contributed by atoms with Crippen molar-refractivity contribution in [1.82, 2.24) is 14.9 Å². The van der Waals surface area contributed by atoms with E-state index in [0.717, 1.165) is 71.2 Å². The molecule has 1 atom stereocenters. The van der Waals surface area contributed by atoms with Gasteiger partial charge in [0.25, 0.3) is 5.91 Å². The van der Waals surface area contributed by atoms with E-state index in [1.165, 1.54) is 27.8 Å². The van der Waals surface area contributed by atoms with Gasteiger partial charge in [0.15, 0.2) is 0 Å². The number of hydrogen-bond acceptors (Lipinski definition) is 5. The van der Waals surface area contributed by atoms with Crippen LogP contribution in [-0.2, 0) is 25.7 Å². The number of aryl methyl sites for hydroxylation is 3. The Morgan fingerprint density at radius 2 is 1.84 bits per heavy atom. The number of thiophene rings is 1. The zero-order valence-corrected chi connectivity index (χ0v) is 23.5. The van der Waals surface area contributed by atoms with Crippen molar-refractivity contribution in [3.63, 3.8) is 0 Å². The van der Waals surface area contributed by atoms with Crippen molar-refractivity contribution < 1.29 is 4.79 Å². The molecule has 1 unspecified atom stereocenters. The Labute approximate surface area is 230 Å². The van der Waals surface area contributed by atoms with Gasteiger partial charge in [-0.05, 0) is 60.9 Å². The summed E-state index contributed by atoms with van der Waals surface area (Å²) >= 11 is 5.36. The third kappa shape index (κ3) is 5.16. The fourth-order valence-electron chi connectivity index (χ4n) is 5.53.